The van der Waals surface area contributed by atoms with Crippen LogP contribution in [0.25, 0.3) is 0 Å². The molecule has 0 spiro atoms. The number of carboxylic acids is 1. The van der Waals surface area contributed by atoms with Crippen LogP contribution in [0.1, 0.15) is 42.4 Å². The second-order valence-corrected chi connectivity index (χ2v) is 8.25. The van der Waals surface area contributed by atoms with Gasteiger partial charge in [0.05, 0.1) is 23.6 Å². The lowest BCUT2D eigenvalue weighted by Crippen LogP contribution is -2.15. The zero-order chi connectivity index (χ0) is 18.8. The number of aromatic nitrogens is 2. The van der Waals surface area contributed by atoms with E-state index < -0.39 is 5.97 Å². The summed E-state index contributed by atoms with van der Waals surface area (Å²) in [6.45, 7) is 6.08. The summed E-state index contributed by atoms with van der Waals surface area (Å²) in [5, 5.41) is 15.0. The maximum atomic E-state index is 11.7. The Kier molecular flexibility index (Phi) is 6.19. The molecular formula is C17H18Cl2N2O3S. The summed E-state index contributed by atoms with van der Waals surface area (Å²) < 4.78 is 1.60. The molecule has 0 aliphatic carbocycles. The van der Waals surface area contributed by atoms with Crippen LogP contribution < -0.4 is 0 Å². The van der Waals surface area contributed by atoms with Crippen LogP contribution in [0.15, 0.2) is 23.2 Å². The van der Waals surface area contributed by atoms with Crippen molar-refractivity contribution in [3.05, 3.63) is 45.1 Å². The van der Waals surface area contributed by atoms with Crippen molar-refractivity contribution >= 4 is 47.2 Å². The fraction of sp³-hybridized carbons (Fsp3) is 0.353. The van der Waals surface area contributed by atoms with Crippen molar-refractivity contribution in [3.63, 3.8) is 0 Å². The van der Waals surface area contributed by atoms with E-state index in [1.807, 2.05) is 20.8 Å². The normalized spacial score (nSPS) is 11.6. The molecule has 0 amide bonds. The molecule has 0 aliphatic rings. The molecule has 134 valence electrons. The second kappa shape index (κ2) is 7.81. The standard InChI is InChI=1S/C17H18Cl2N2O3S/c1-17(2,3)15-11(8-22)16(25-9-14(23)24)21(20-15)7-10-12(18)5-4-6-13(10)19/h4-6,8H,7,9H2,1-3H3,(H,23,24). The lowest BCUT2D eigenvalue weighted by atomic mass is 9.90. The number of carbonyl (C=O) groups is 2. The van der Waals surface area contributed by atoms with Gasteiger partial charge in [-0.05, 0) is 12.1 Å². The van der Waals surface area contributed by atoms with Crippen molar-refractivity contribution in [2.75, 3.05) is 5.75 Å². The molecule has 0 fully saturated rings. The molecular weight excluding hydrogens is 383 g/mol. The largest absolute Gasteiger partial charge is 0.481 e. The number of halogens is 2. The van der Waals surface area contributed by atoms with Gasteiger partial charge >= 0.3 is 5.97 Å². The van der Waals surface area contributed by atoms with Gasteiger partial charge in [-0.1, -0.05) is 61.8 Å². The molecule has 1 aromatic carbocycles. The third-order valence-corrected chi connectivity index (χ3v) is 5.27. The average Bonchev–Trinajstić information content (AvgIpc) is 2.86. The minimum absolute atomic E-state index is 0.174. The molecule has 0 saturated heterocycles. The van der Waals surface area contributed by atoms with Crippen LogP contribution in [0.5, 0.6) is 0 Å². The molecule has 1 aromatic heterocycles. The van der Waals surface area contributed by atoms with Crippen molar-refractivity contribution in [2.45, 2.75) is 37.8 Å². The summed E-state index contributed by atoms with van der Waals surface area (Å²) in [4.78, 5) is 22.6. The van der Waals surface area contributed by atoms with E-state index in [1.54, 1.807) is 22.9 Å². The molecule has 0 aliphatic heterocycles. The Bertz CT molecular complexity index is 793. The lowest BCUT2D eigenvalue weighted by Gasteiger charge is -2.15. The number of thioether (sulfide) groups is 1. The van der Waals surface area contributed by atoms with Crippen LogP contribution in [0.4, 0.5) is 0 Å². The first-order valence-electron chi connectivity index (χ1n) is 7.49. The fourth-order valence-electron chi connectivity index (χ4n) is 2.34. The molecule has 0 saturated carbocycles. The number of nitrogens with zero attached hydrogens (tertiary/aromatic N) is 2. The van der Waals surface area contributed by atoms with Crippen LogP contribution in [0.3, 0.4) is 0 Å². The number of carboxylic acid groups (broad SMARTS) is 1. The predicted molar refractivity (Wildman–Crippen MR) is 100 cm³/mol. The molecule has 0 bridgehead atoms. The molecule has 2 aromatic rings. The van der Waals surface area contributed by atoms with Gasteiger partial charge in [-0.3, -0.25) is 14.3 Å². The highest BCUT2D eigenvalue weighted by Crippen LogP contribution is 2.33. The number of carbonyl (C=O) groups excluding carboxylic acids is 1. The summed E-state index contributed by atoms with van der Waals surface area (Å²) >= 11 is 13.5. The number of benzene rings is 1. The lowest BCUT2D eigenvalue weighted by molar-refractivity contribution is -0.133. The first kappa shape index (κ1) is 19.8. The van der Waals surface area contributed by atoms with Crippen LogP contribution in [0.2, 0.25) is 10.0 Å². The van der Waals surface area contributed by atoms with Gasteiger partial charge in [0.25, 0.3) is 0 Å². The van der Waals surface area contributed by atoms with Crippen molar-refractivity contribution in [1.29, 1.82) is 0 Å². The van der Waals surface area contributed by atoms with Gasteiger partial charge in [-0.25, -0.2) is 0 Å². The summed E-state index contributed by atoms with van der Waals surface area (Å²) in [6.07, 6.45) is 0.725. The molecule has 0 radical (unpaired) electrons. The van der Waals surface area contributed by atoms with E-state index in [9.17, 15) is 9.59 Å². The summed E-state index contributed by atoms with van der Waals surface area (Å²) in [7, 11) is 0. The van der Waals surface area contributed by atoms with Gasteiger partial charge in [0.1, 0.15) is 5.03 Å². The van der Waals surface area contributed by atoms with Crippen LogP contribution in [-0.4, -0.2) is 32.9 Å². The Hall–Kier alpha value is -1.50. The van der Waals surface area contributed by atoms with Crippen molar-refractivity contribution in [3.8, 4) is 0 Å². The molecule has 8 heteroatoms. The fourth-order valence-corrected chi connectivity index (χ4v) is 3.68. The van der Waals surface area contributed by atoms with Gasteiger partial charge in [-0.2, -0.15) is 5.10 Å². The summed E-state index contributed by atoms with van der Waals surface area (Å²) in [5.41, 5.74) is 1.31. The van der Waals surface area contributed by atoms with Crippen molar-refractivity contribution in [2.24, 2.45) is 0 Å². The van der Waals surface area contributed by atoms with Crippen LogP contribution in [0, 0.1) is 0 Å². The van der Waals surface area contributed by atoms with E-state index in [-0.39, 0.29) is 17.7 Å². The number of hydrogen-bond acceptors (Lipinski definition) is 4. The minimum Gasteiger partial charge on any atom is -0.481 e. The molecule has 0 atom stereocenters. The van der Waals surface area contributed by atoms with E-state index in [2.05, 4.69) is 5.10 Å². The van der Waals surface area contributed by atoms with Gasteiger partial charge < -0.3 is 5.11 Å². The third-order valence-electron chi connectivity index (χ3n) is 3.47. The number of aliphatic carboxylic acids is 1. The quantitative estimate of drug-likeness (QED) is 0.569. The Morgan fingerprint density at radius 3 is 2.40 bits per heavy atom. The second-order valence-electron chi connectivity index (χ2n) is 6.48. The third kappa shape index (κ3) is 4.57. The van der Waals surface area contributed by atoms with Crippen molar-refractivity contribution in [1.82, 2.24) is 9.78 Å². The molecule has 5 nitrogen and oxygen atoms in total. The SMILES string of the molecule is CC(C)(C)c1nn(Cc2c(Cl)cccc2Cl)c(SCC(=O)O)c1C=O. The minimum atomic E-state index is -0.970. The first-order valence-corrected chi connectivity index (χ1v) is 9.23. The van der Waals surface area contributed by atoms with E-state index in [1.165, 1.54) is 0 Å². The topological polar surface area (TPSA) is 72.2 Å². The van der Waals surface area contributed by atoms with Crippen molar-refractivity contribution < 1.29 is 14.7 Å². The maximum absolute atomic E-state index is 11.7. The Balaban J connectivity index is 2.57. The average molecular weight is 401 g/mol. The molecule has 0 unspecified atom stereocenters. The number of rotatable bonds is 6. The van der Waals surface area contributed by atoms with Crippen LogP contribution in [-0.2, 0) is 16.8 Å². The monoisotopic (exact) mass is 400 g/mol. The van der Waals surface area contributed by atoms with E-state index >= 15 is 0 Å². The first-order chi connectivity index (χ1) is 11.6. The van der Waals surface area contributed by atoms with Gasteiger partial charge in [0.2, 0.25) is 0 Å². The van der Waals surface area contributed by atoms with Gasteiger partial charge in [-0.15, -0.1) is 0 Å². The summed E-state index contributed by atoms with van der Waals surface area (Å²) in [6, 6.07) is 5.19. The Morgan fingerprint density at radius 1 is 1.32 bits per heavy atom. The maximum Gasteiger partial charge on any atom is 0.313 e. The number of hydrogen-bond donors (Lipinski definition) is 1. The van der Waals surface area contributed by atoms with E-state index in [0.717, 1.165) is 18.0 Å². The zero-order valence-electron chi connectivity index (χ0n) is 14.0. The molecule has 1 N–H and O–H groups in total. The zero-order valence-corrected chi connectivity index (χ0v) is 16.4. The van der Waals surface area contributed by atoms with Gasteiger partial charge in [0, 0.05) is 21.0 Å². The Labute approximate surface area is 160 Å². The van der Waals surface area contributed by atoms with E-state index in [4.69, 9.17) is 28.3 Å². The smallest absolute Gasteiger partial charge is 0.313 e. The van der Waals surface area contributed by atoms with Crippen LogP contribution >= 0.6 is 35.0 Å². The molecule has 2 rings (SSSR count). The predicted octanol–water partition coefficient (Wildman–Crippen LogP) is 4.52. The Morgan fingerprint density at radius 2 is 1.92 bits per heavy atom. The van der Waals surface area contributed by atoms with Gasteiger partial charge in [0.15, 0.2) is 6.29 Å². The molecule has 1 heterocycles. The highest BCUT2D eigenvalue weighted by molar-refractivity contribution is 8.00. The summed E-state index contributed by atoms with van der Waals surface area (Å²) in [5.74, 6) is -1.14. The highest BCUT2D eigenvalue weighted by Gasteiger charge is 2.27. The van der Waals surface area contributed by atoms with E-state index in [0.29, 0.717) is 31.9 Å². The highest BCUT2D eigenvalue weighted by atomic mass is 35.5. The number of aldehydes is 1. The molecule has 25 heavy (non-hydrogen) atoms.